The van der Waals surface area contributed by atoms with Crippen molar-refractivity contribution < 1.29 is 14.3 Å². The Kier molecular flexibility index (Phi) is 5.46. The normalized spacial score (nSPS) is 21.3. The maximum Gasteiger partial charge on any atom is 0.317 e. The van der Waals surface area contributed by atoms with Crippen LogP contribution in [0, 0.1) is 0 Å². The van der Waals surface area contributed by atoms with Crippen LogP contribution in [0.3, 0.4) is 0 Å². The van der Waals surface area contributed by atoms with Gasteiger partial charge in [0.2, 0.25) is 5.91 Å². The summed E-state index contributed by atoms with van der Waals surface area (Å²) in [6.45, 7) is 0.509. The number of nitrogens with one attached hydrogen (secondary N) is 1. The van der Waals surface area contributed by atoms with E-state index in [-0.39, 0.29) is 18.0 Å². The zero-order chi connectivity index (χ0) is 17.8. The number of urea groups is 1. The van der Waals surface area contributed by atoms with Crippen LogP contribution < -0.4 is 15.0 Å². The Bertz CT molecular complexity index is 611. The second kappa shape index (κ2) is 7.76. The number of methoxy groups -OCH3 is 1. The first-order valence-electron chi connectivity index (χ1n) is 9.06. The van der Waals surface area contributed by atoms with Gasteiger partial charge in [0.15, 0.2) is 0 Å². The monoisotopic (exact) mass is 345 g/mol. The molecule has 3 amide bonds. The average Bonchev–Trinajstić information content (AvgIpc) is 3.02. The molecule has 2 fully saturated rings. The van der Waals surface area contributed by atoms with Gasteiger partial charge in [0, 0.05) is 31.7 Å². The number of carbonyl (C=O) groups excluding carboxylic acids is 2. The summed E-state index contributed by atoms with van der Waals surface area (Å²) in [6, 6.07) is 7.53. The second-order valence-electron chi connectivity index (χ2n) is 6.96. The molecule has 6 nitrogen and oxygen atoms in total. The minimum absolute atomic E-state index is 0.0378. The van der Waals surface area contributed by atoms with Crippen LogP contribution in [0.1, 0.15) is 38.5 Å². The highest BCUT2D eigenvalue weighted by Crippen LogP contribution is 2.25. The van der Waals surface area contributed by atoms with Gasteiger partial charge in [0.05, 0.1) is 13.2 Å². The molecule has 0 unspecified atom stereocenters. The summed E-state index contributed by atoms with van der Waals surface area (Å²) >= 11 is 0. The molecule has 25 heavy (non-hydrogen) atoms. The number of hydrogen-bond donors (Lipinski definition) is 1. The van der Waals surface area contributed by atoms with Crippen molar-refractivity contribution in [3.8, 4) is 5.75 Å². The molecule has 3 rings (SSSR count). The lowest BCUT2D eigenvalue weighted by Crippen LogP contribution is -2.48. The maximum absolute atomic E-state index is 12.5. The van der Waals surface area contributed by atoms with E-state index < -0.39 is 0 Å². The SMILES string of the molecule is COc1ccc(N2C[C@H](NC(=O)N(C)C3CCCCC3)CC2=O)cc1. The number of nitrogens with zero attached hydrogens (tertiary/aromatic N) is 2. The first-order chi connectivity index (χ1) is 12.1. The molecule has 6 heteroatoms. The van der Waals surface area contributed by atoms with E-state index in [0.29, 0.717) is 19.0 Å². The third-order valence-electron chi connectivity index (χ3n) is 5.28. The molecule has 2 aliphatic rings. The van der Waals surface area contributed by atoms with E-state index in [1.165, 1.54) is 19.3 Å². The summed E-state index contributed by atoms with van der Waals surface area (Å²) in [5.41, 5.74) is 0.836. The van der Waals surface area contributed by atoms with Gasteiger partial charge in [-0.05, 0) is 37.1 Å². The molecule has 1 heterocycles. The van der Waals surface area contributed by atoms with E-state index in [2.05, 4.69) is 5.32 Å². The number of amides is 3. The molecule has 0 spiro atoms. The fourth-order valence-corrected chi connectivity index (χ4v) is 3.73. The molecule has 0 bridgehead atoms. The van der Waals surface area contributed by atoms with Crippen LogP contribution in [0.5, 0.6) is 5.75 Å². The molecule has 1 saturated carbocycles. The van der Waals surface area contributed by atoms with Crippen LogP contribution in [0.25, 0.3) is 0 Å². The zero-order valence-corrected chi connectivity index (χ0v) is 15.0. The summed E-state index contributed by atoms with van der Waals surface area (Å²) in [5, 5.41) is 3.03. The van der Waals surface area contributed by atoms with Crippen molar-refractivity contribution in [2.45, 2.75) is 50.6 Å². The Morgan fingerprint density at radius 2 is 1.88 bits per heavy atom. The van der Waals surface area contributed by atoms with Crippen LogP contribution in [-0.2, 0) is 4.79 Å². The van der Waals surface area contributed by atoms with Crippen LogP contribution in [0.15, 0.2) is 24.3 Å². The summed E-state index contributed by atoms with van der Waals surface area (Å²) in [5.74, 6) is 0.796. The highest BCUT2D eigenvalue weighted by molar-refractivity contribution is 5.96. The maximum atomic E-state index is 12.5. The van der Waals surface area contributed by atoms with Crippen molar-refractivity contribution in [3.63, 3.8) is 0 Å². The molecule has 1 aromatic rings. The quantitative estimate of drug-likeness (QED) is 0.913. The average molecular weight is 345 g/mol. The molecule has 0 radical (unpaired) electrons. The summed E-state index contributed by atoms with van der Waals surface area (Å²) < 4.78 is 5.15. The smallest absolute Gasteiger partial charge is 0.317 e. The van der Waals surface area contributed by atoms with Crippen molar-refractivity contribution in [2.24, 2.45) is 0 Å². The molecule has 1 aliphatic heterocycles. The van der Waals surface area contributed by atoms with Gasteiger partial charge < -0.3 is 19.9 Å². The lowest BCUT2D eigenvalue weighted by atomic mass is 9.95. The van der Waals surface area contributed by atoms with Gasteiger partial charge in [-0.1, -0.05) is 19.3 Å². The van der Waals surface area contributed by atoms with Gasteiger partial charge in [-0.15, -0.1) is 0 Å². The van der Waals surface area contributed by atoms with Gasteiger partial charge in [-0.2, -0.15) is 0 Å². The number of carbonyl (C=O) groups is 2. The van der Waals surface area contributed by atoms with Crippen LogP contribution >= 0.6 is 0 Å². The van der Waals surface area contributed by atoms with E-state index >= 15 is 0 Å². The van der Waals surface area contributed by atoms with Gasteiger partial charge in [-0.3, -0.25) is 4.79 Å². The molecule has 1 aromatic carbocycles. The fourth-order valence-electron chi connectivity index (χ4n) is 3.73. The third-order valence-corrected chi connectivity index (χ3v) is 5.28. The molecular formula is C19H27N3O3. The molecular weight excluding hydrogens is 318 g/mol. The Labute approximate surface area is 149 Å². The van der Waals surface area contributed by atoms with Gasteiger partial charge >= 0.3 is 6.03 Å². The van der Waals surface area contributed by atoms with Crippen LogP contribution in [0.2, 0.25) is 0 Å². The lowest BCUT2D eigenvalue weighted by Gasteiger charge is -2.32. The Morgan fingerprint density at radius 3 is 2.52 bits per heavy atom. The van der Waals surface area contributed by atoms with Gasteiger partial charge in [-0.25, -0.2) is 4.79 Å². The topological polar surface area (TPSA) is 61.9 Å². The van der Waals surface area contributed by atoms with Crippen LogP contribution in [0.4, 0.5) is 10.5 Å². The fraction of sp³-hybridized carbons (Fsp3) is 0.579. The number of ether oxygens (including phenoxy) is 1. The van der Waals surface area contributed by atoms with E-state index in [0.717, 1.165) is 24.3 Å². The Hall–Kier alpha value is -2.24. The predicted molar refractivity (Wildman–Crippen MR) is 96.9 cm³/mol. The number of hydrogen-bond acceptors (Lipinski definition) is 3. The Morgan fingerprint density at radius 1 is 1.20 bits per heavy atom. The van der Waals surface area contributed by atoms with Crippen molar-refractivity contribution in [1.82, 2.24) is 10.2 Å². The molecule has 1 N–H and O–H groups in total. The van der Waals surface area contributed by atoms with Crippen LogP contribution in [-0.4, -0.2) is 49.6 Å². The van der Waals surface area contributed by atoms with Gasteiger partial charge in [0.1, 0.15) is 5.75 Å². The van der Waals surface area contributed by atoms with E-state index in [4.69, 9.17) is 4.74 Å². The molecule has 136 valence electrons. The molecule has 0 aromatic heterocycles. The lowest BCUT2D eigenvalue weighted by molar-refractivity contribution is -0.117. The number of anilines is 1. The minimum atomic E-state index is -0.145. The molecule has 1 aliphatic carbocycles. The number of rotatable bonds is 4. The predicted octanol–water partition coefficient (Wildman–Crippen LogP) is 2.77. The highest BCUT2D eigenvalue weighted by Gasteiger charge is 2.33. The second-order valence-corrected chi connectivity index (χ2v) is 6.96. The summed E-state index contributed by atoms with van der Waals surface area (Å²) in [7, 11) is 3.48. The largest absolute Gasteiger partial charge is 0.497 e. The van der Waals surface area contributed by atoms with Crippen molar-refractivity contribution in [2.75, 3.05) is 25.6 Å². The first kappa shape index (κ1) is 17.6. The van der Waals surface area contributed by atoms with Crippen molar-refractivity contribution in [3.05, 3.63) is 24.3 Å². The standard InChI is InChI=1S/C19H27N3O3/c1-21(15-6-4-3-5-7-15)19(24)20-14-12-18(23)22(13-14)16-8-10-17(25-2)11-9-16/h8-11,14-15H,3-7,12-13H2,1-2H3,(H,20,24)/t14-/m1/s1. The van der Waals surface area contributed by atoms with Crippen molar-refractivity contribution >= 4 is 17.6 Å². The summed E-state index contributed by atoms with van der Waals surface area (Å²) in [6.07, 6.45) is 6.14. The molecule has 1 saturated heterocycles. The van der Waals surface area contributed by atoms with Gasteiger partial charge in [0.25, 0.3) is 0 Å². The van der Waals surface area contributed by atoms with E-state index in [9.17, 15) is 9.59 Å². The van der Waals surface area contributed by atoms with E-state index in [1.807, 2.05) is 36.2 Å². The Balaban J connectivity index is 1.57. The summed E-state index contributed by atoms with van der Waals surface area (Å²) in [4.78, 5) is 28.4. The minimum Gasteiger partial charge on any atom is -0.497 e. The highest BCUT2D eigenvalue weighted by atomic mass is 16.5. The number of benzene rings is 1. The molecule has 1 atom stereocenters. The van der Waals surface area contributed by atoms with E-state index in [1.54, 1.807) is 12.0 Å². The first-order valence-corrected chi connectivity index (χ1v) is 9.06. The third kappa shape index (κ3) is 4.06. The van der Waals surface area contributed by atoms with Crippen molar-refractivity contribution in [1.29, 1.82) is 0 Å². The zero-order valence-electron chi connectivity index (χ0n) is 15.0.